The van der Waals surface area contributed by atoms with E-state index in [4.69, 9.17) is 9.47 Å². The minimum absolute atomic E-state index is 0.0514. The van der Waals surface area contributed by atoms with E-state index < -0.39 is 42.0 Å². The Hall–Kier alpha value is -4.32. The van der Waals surface area contributed by atoms with Crippen LogP contribution in [0.4, 0.5) is 0 Å². The Morgan fingerprint density at radius 1 is 0.887 bits per heavy atom. The normalized spacial score (nSPS) is 14.6. The molecule has 2 aromatic rings. The molecule has 294 valence electrons. The predicted molar refractivity (Wildman–Crippen MR) is 206 cm³/mol. The Bertz CT molecular complexity index is 1450. The maximum absolute atomic E-state index is 14.1. The first-order valence-corrected chi connectivity index (χ1v) is 19.0. The Balaban J connectivity index is 2.32. The molecule has 2 rings (SSSR count). The number of benzene rings is 1. The van der Waals surface area contributed by atoms with Crippen molar-refractivity contribution < 1.29 is 33.4 Å². The number of pyridine rings is 1. The van der Waals surface area contributed by atoms with Gasteiger partial charge < -0.3 is 30.3 Å². The Morgan fingerprint density at radius 2 is 1.58 bits per heavy atom. The first-order chi connectivity index (χ1) is 25.2. The van der Waals surface area contributed by atoms with E-state index in [1.807, 2.05) is 65.1 Å². The molecule has 0 aliphatic heterocycles. The van der Waals surface area contributed by atoms with Crippen molar-refractivity contribution in [1.82, 2.24) is 25.8 Å². The molecule has 0 spiro atoms. The van der Waals surface area contributed by atoms with Crippen LogP contribution in [0.5, 0.6) is 0 Å². The number of hydrogen-bond acceptors (Lipinski definition) is 9. The van der Waals surface area contributed by atoms with Crippen molar-refractivity contribution in [2.75, 3.05) is 27.7 Å². The minimum Gasteiger partial charge on any atom is -0.469 e. The summed E-state index contributed by atoms with van der Waals surface area (Å²) in [6.45, 7) is 11.9. The van der Waals surface area contributed by atoms with E-state index in [-0.39, 0.29) is 41.7 Å². The topological polar surface area (TPSA) is 156 Å². The van der Waals surface area contributed by atoms with Crippen molar-refractivity contribution in [3.05, 3.63) is 65.5 Å². The number of carbonyl (C=O) groups excluding carboxylic acids is 5. The summed E-state index contributed by atoms with van der Waals surface area (Å²) in [5.41, 5.74) is 1.49. The third kappa shape index (κ3) is 15.3. The zero-order valence-corrected chi connectivity index (χ0v) is 33.3. The Kier molecular flexibility index (Phi) is 19.8. The van der Waals surface area contributed by atoms with Gasteiger partial charge in [-0.15, -0.1) is 0 Å². The summed E-state index contributed by atoms with van der Waals surface area (Å²) in [4.78, 5) is 71.7. The van der Waals surface area contributed by atoms with Gasteiger partial charge in [0.2, 0.25) is 11.8 Å². The number of hydrogen-bond donors (Lipinski definition) is 3. The SMILES string of the molecule is CC[C@H](C)[C@H](NC(=O)CCCCCNC)C(=O)N(C)[C@H](C[C@@H](OC(C)=O)c1cccc(C(=O)N[C@@H](Cc2ccccc2)C[C@H](C)C(=O)OC)n1)C(C)C. The highest BCUT2D eigenvalue weighted by Crippen LogP contribution is 2.28. The maximum atomic E-state index is 14.1. The zero-order chi connectivity index (χ0) is 39.5. The van der Waals surface area contributed by atoms with Gasteiger partial charge in [0.05, 0.1) is 18.7 Å². The molecule has 0 aliphatic rings. The molecule has 0 saturated carbocycles. The van der Waals surface area contributed by atoms with Gasteiger partial charge in [-0.1, -0.05) is 83.9 Å². The van der Waals surface area contributed by atoms with E-state index >= 15 is 0 Å². The van der Waals surface area contributed by atoms with Gasteiger partial charge in [0.1, 0.15) is 17.8 Å². The smallest absolute Gasteiger partial charge is 0.308 e. The molecule has 3 N–H and O–H groups in total. The van der Waals surface area contributed by atoms with Crippen LogP contribution in [0.15, 0.2) is 48.5 Å². The molecule has 0 unspecified atom stereocenters. The molecule has 0 aliphatic carbocycles. The van der Waals surface area contributed by atoms with Gasteiger partial charge in [-0.2, -0.15) is 0 Å². The van der Waals surface area contributed by atoms with Crippen molar-refractivity contribution in [2.45, 2.75) is 117 Å². The summed E-state index contributed by atoms with van der Waals surface area (Å²) in [6.07, 6.45) is 3.89. The van der Waals surface area contributed by atoms with Crippen molar-refractivity contribution in [3.8, 4) is 0 Å². The number of aromatic nitrogens is 1. The third-order valence-corrected chi connectivity index (χ3v) is 9.74. The second kappa shape index (κ2) is 23.4. The fraction of sp³-hybridized carbons (Fsp3) is 0.610. The largest absolute Gasteiger partial charge is 0.469 e. The monoisotopic (exact) mass is 737 g/mol. The number of nitrogens with zero attached hydrogens (tertiary/aromatic N) is 2. The fourth-order valence-corrected chi connectivity index (χ4v) is 6.43. The molecule has 1 aromatic carbocycles. The third-order valence-electron chi connectivity index (χ3n) is 9.74. The number of amides is 3. The number of rotatable bonds is 23. The van der Waals surface area contributed by atoms with Crippen molar-refractivity contribution >= 4 is 29.7 Å². The van der Waals surface area contributed by atoms with Crippen LogP contribution in [-0.2, 0) is 35.1 Å². The van der Waals surface area contributed by atoms with Crippen LogP contribution in [0.3, 0.4) is 0 Å². The molecule has 0 saturated heterocycles. The van der Waals surface area contributed by atoms with E-state index in [9.17, 15) is 24.0 Å². The van der Waals surface area contributed by atoms with E-state index in [1.165, 1.54) is 14.0 Å². The quantitative estimate of drug-likeness (QED) is 0.100. The van der Waals surface area contributed by atoms with E-state index in [0.717, 1.165) is 31.4 Å². The zero-order valence-electron chi connectivity index (χ0n) is 33.3. The number of unbranched alkanes of at least 4 members (excludes halogenated alkanes) is 2. The standard InChI is InChI=1S/C41H63N5O7/c1-10-28(4)38(45-37(48)22-15-12-16-23-42-7)40(50)46(8)35(27(2)3)26-36(53-30(6)47)33-20-17-21-34(44-33)39(49)43-32(24-29(5)41(51)52-9)25-31-18-13-11-14-19-31/h11,13-14,17-21,27-29,32,35-36,38,42H,10,12,15-16,22-26H2,1-9H3,(H,43,49)(H,45,48)/t28-,29-,32+,35+,36+,38-/m0/s1. The van der Waals surface area contributed by atoms with Crippen LogP contribution in [-0.4, -0.2) is 85.4 Å². The molecule has 53 heavy (non-hydrogen) atoms. The minimum atomic E-state index is -0.864. The number of nitrogens with one attached hydrogen (secondary N) is 3. The molecule has 1 heterocycles. The summed E-state index contributed by atoms with van der Waals surface area (Å²) in [5.74, 6) is -2.29. The molecule has 0 fully saturated rings. The van der Waals surface area contributed by atoms with Gasteiger partial charge in [-0.05, 0) is 68.8 Å². The predicted octanol–water partition coefficient (Wildman–Crippen LogP) is 5.41. The van der Waals surface area contributed by atoms with Crippen molar-refractivity contribution in [1.29, 1.82) is 0 Å². The van der Waals surface area contributed by atoms with Crippen LogP contribution in [0.2, 0.25) is 0 Å². The Labute approximate surface area is 316 Å². The molecule has 12 heteroatoms. The number of ether oxygens (including phenoxy) is 2. The number of esters is 2. The van der Waals surface area contributed by atoms with Crippen LogP contribution in [0, 0.1) is 17.8 Å². The number of carbonyl (C=O) groups is 5. The first-order valence-electron chi connectivity index (χ1n) is 19.0. The summed E-state index contributed by atoms with van der Waals surface area (Å²) < 4.78 is 10.7. The van der Waals surface area contributed by atoms with Crippen LogP contribution in [0.1, 0.15) is 114 Å². The lowest BCUT2D eigenvalue weighted by Gasteiger charge is -2.37. The average Bonchev–Trinajstić information content (AvgIpc) is 3.14. The highest BCUT2D eigenvalue weighted by atomic mass is 16.5. The Morgan fingerprint density at radius 3 is 2.19 bits per heavy atom. The number of likely N-dealkylation sites (N-methyl/N-ethyl adjacent to an activating group) is 1. The molecular formula is C41H63N5O7. The van der Waals surface area contributed by atoms with Crippen LogP contribution < -0.4 is 16.0 Å². The fourth-order valence-electron chi connectivity index (χ4n) is 6.43. The summed E-state index contributed by atoms with van der Waals surface area (Å²) in [6, 6.07) is 13.1. The van der Waals surface area contributed by atoms with Crippen molar-refractivity contribution in [2.24, 2.45) is 17.8 Å². The average molecular weight is 738 g/mol. The highest BCUT2D eigenvalue weighted by molar-refractivity contribution is 5.92. The highest BCUT2D eigenvalue weighted by Gasteiger charge is 2.35. The molecule has 6 atom stereocenters. The lowest BCUT2D eigenvalue weighted by Crippen LogP contribution is -2.54. The van der Waals surface area contributed by atoms with Gasteiger partial charge in [-0.25, -0.2) is 4.98 Å². The van der Waals surface area contributed by atoms with Gasteiger partial charge in [0, 0.05) is 38.9 Å². The number of methoxy groups -OCH3 is 1. The lowest BCUT2D eigenvalue weighted by molar-refractivity contribution is -0.149. The van der Waals surface area contributed by atoms with Crippen LogP contribution >= 0.6 is 0 Å². The summed E-state index contributed by atoms with van der Waals surface area (Å²) in [5, 5.41) is 9.17. The van der Waals surface area contributed by atoms with E-state index in [2.05, 4.69) is 20.9 Å². The molecular weight excluding hydrogens is 674 g/mol. The molecule has 0 radical (unpaired) electrons. The molecule has 0 bridgehead atoms. The van der Waals surface area contributed by atoms with Crippen molar-refractivity contribution in [3.63, 3.8) is 0 Å². The van der Waals surface area contributed by atoms with Gasteiger partial charge in [0.25, 0.3) is 5.91 Å². The summed E-state index contributed by atoms with van der Waals surface area (Å²) >= 11 is 0. The van der Waals surface area contributed by atoms with E-state index in [0.29, 0.717) is 31.4 Å². The van der Waals surface area contributed by atoms with E-state index in [1.54, 1.807) is 37.1 Å². The van der Waals surface area contributed by atoms with Gasteiger partial charge in [0.15, 0.2) is 0 Å². The van der Waals surface area contributed by atoms with Crippen LogP contribution in [0.25, 0.3) is 0 Å². The second-order valence-electron chi connectivity index (χ2n) is 14.4. The summed E-state index contributed by atoms with van der Waals surface area (Å²) in [7, 11) is 4.96. The first kappa shape index (κ1) is 44.8. The second-order valence-corrected chi connectivity index (χ2v) is 14.4. The van der Waals surface area contributed by atoms with Gasteiger partial charge in [-0.3, -0.25) is 24.0 Å². The molecule has 3 amide bonds. The maximum Gasteiger partial charge on any atom is 0.308 e. The van der Waals surface area contributed by atoms with Gasteiger partial charge >= 0.3 is 11.9 Å². The lowest BCUT2D eigenvalue weighted by atomic mass is 9.92. The molecule has 1 aromatic heterocycles. The molecule has 12 nitrogen and oxygen atoms in total.